The Kier molecular flexibility index (Phi) is 6.40. The molecule has 1 atom stereocenters. The predicted molar refractivity (Wildman–Crippen MR) is 64.0 cm³/mol. The first-order chi connectivity index (χ1) is 8.02. The number of carbonyl (C=O) groups is 2. The minimum Gasteiger partial charge on any atom is -0.508 e. The van der Waals surface area contributed by atoms with Crippen molar-refractivity contribution in [3.63, 3.8) is 0 Å². The second-order valence-corrected chi connectivity index (χ2v) is 3.53. The molecule has 7 nitrogen and oxygen atoms in total. The van der Waals surface area contributed by atoms with Gasteiger partial charge in [-0.2, -0.15) is 0 Å². The maximum absolute atomic E-state index is 11.0. The third-order valence-electron chi connectivity index (χ3n) is 2.19. The number of aromatic hydroxyl groups is 1. The number of amides is 1. The number of aliphatic carboxylic acids is 1. The number of carboxylic acids is 1. The van der Waals surface area contributed by atoms with E-state index in [1.165, 1.54) is 12.1 Å². The van der Waals surface area contributed by atoms with Gasteiger partial charge in [-0.25, -0.2) is 4.79 Å². The van der Waals surface area contributed by atoms with Crippen LogP contribution in [0.25, 0.3) is 0 Å². The molecule has 100 valence electrons. The second-order valence-electron chi connectivity index (χ2n) is 3.53. The zero-order valence-corrected chi connectivity index (χ0v) is 9.59. The summed E-state index contributed by atoms with van der Waals surface area (Å²) < 4.78 is 0. The molecule has 0 aliphatic carbocycles. The maximum atomic E-state index is 11.0. The average Bonchev–Trinajstić information content (AvgIpc) is 2.30. The van der Waals surface area contributed by atoms with Gasteiger partial charge in [-0.05, 0) is 17.7 Å². The fraction of sp³-hybridized carbons (Fsp3) is 0.273. The second kappa shape index (κ2) is 7.25. The van der Waals surface area contributed by atoms with E-state index in [0.29, 0.717) is 5.56 Å². The molecule has 0 heterocycles. The van der Waals surface area contributed by atoms with E-state index in [9.17, 15) is 9.59 Å². The Bertz CT molecular complexity index is 404. The highest BCUT2D eigenvalue weighted by molar-refractivity contribution is 5.84. The number of phenolic OH excluding ortho intramolecular Hbond substituents is 1. The summed E-state index contributed by atoms with van der Waals surface area (Å²) in [4.78, 5) is 21.9. The lowest BCUT2D eigenvalue weighted by Crippen LogP contribution is -2.44. The number of benzene rings is 1. The zero-order valence-electron chi connectivity index (χ0n) is 9.59. The highest BCUT2D eigenvalue weighted by Crippen LogP contribution is 2.11. The van der Waals surface area contributed by atoms with Crippen LogP contribution in [-0.4, -0.2) is 40.2 Å². The van der Waals surface area contributed by atoms with E-state index in [-0.39, 0.29) is 24.2 Å². The number of carbonyl (C=O) groups excluding carboxylic acids is 1. The number of phenols is 1. The number of nitrogens with two attached hydrogens (primary N) is 1. The smallest absolute Gasteiger partial charge is 0.326 e. The van der Waals surface area contributed by atoms with Crippen molar-refractivity contribution in [1.82, 2.24) is 5.32 Å². The predicted octanol–water partition coefficient (Wildman–Crippen LogP) is -1.36. The van der Waals surface area contributed by atoms with E-state index in [1.54, 1.807) is 12.1 Å². The summed E-state index contributed by atoms with van der Waals surface area (Å²) in [5.41, 5.74) is 5.80. The lowest BCUT2D eigenvalue weighted by Gasteiger charge is -2.13. The van der Waals surface area contributed by atoms with E-state index in [4.69, 9.17) is 15.9 Å². The molecular formula is C11H16N2O5. The molecule has 0 unspecified atom stereocenters. The van der Waals surface area contributed by atoms with Gasteiger partial charge in [0, 0.05) is 6.42 Å². The molecule has 0 saturated heterocycles. The van der Waals surface area contributed by atoms with Gasteiger partial charge >= 0.3 is 5.97 Å². The quantitative estimate of drug-likeness (QED) is 0.514. The molecule has 7 heteroatoms. The lowest BCUT2D eigenvalue weighted by molar-refractivity contribution is -0.141. The van der Waals surface area contributed by atoms with Crippen molar-refractivity contribution in [2.45, 2.75) is 12.5 Å². The summed E-state index contributed by atoms with van der Waals surface area (Å²) in [6.45, 7) is -0.251. The van der Waals surface area contributed by atoms with Crippen LogP contribution >= 0.6 is 0 Å². The number of nitrogens with one attached hydrogen (secondary N) is 1. The zero-order chi connectivity index (χ0) is 12.8. The summed E-state index contributed by atoms with van der Waals surface area (Å²) in [7, 11) is 0. The molecule has 0 spiro atoms. The first-order valence-corrected chi connectivity index (χ1v) is 5.03. The summed E-state index contributed by atoms with van der Waals surface area (Å²) in [5, 5.41) is 20.3. The van der Waals surface area contributed by atoms with Gasteiger partial charge in [0.25, 0.3) is 0 Å². The van der Waals surface area contributed by atoms with E-state index in [0.717, 1.165) is 0 Å². The lowest BCUT2D eigenvalue weighted by atomic mass is 10.1. The van der Waals surface area contributed by atoms with Crippen LogP contribution in [0, 0.1) is 0 Å². The molecule has 0 fully saturated rings. The van der Waals surface area contributed by atoms with Gasteiger partial charge in [0.1, 0.15) is 11.8 Å². The van der Waals surface area contributed by atoms with Crippen molar-refractivity contribution < 1.29 is 25.3 Å². The number of hydrogen-bond acceptors (Lipinski definition) is 4. The van der Waals surface area contributed by atoms with E-state index in [1.807, 2.05) is 0 Å². The van der Waals surface area contributed by atoms with Crippen molar-refractivity contribution in [3.05, 3.63) is 29.8 Å². The molecular weight excluding hydrogens is 240 g/mol. The molecule has 7 N–H and O–H groups in total. The summed E-state index contributed by atoms with van der Waals surface area (Å²) in [6.07, 6.45) is 0.140. The molecule has 0 aromatic heterocycles. The Morgan fingerprint density at radius 2 is 1.83 bits per heavy atom. The van der Waals surface area contributed by atoms with Gasteiger partial charge in [0.15, 0.2) is 0 Å². The maximum Gasteiger partial charge on any atom is 0.326 e. The molecule has 0 aliphatic rings. The Balaban J connectivity index is 0.00000289. The van der Waals surface area contributed by atoms with Gasteiger partial charge < -0.3 is 26.7 Å². The normalized spacial score (nSPS) is 11.2. The van der Waals surface area contributed by atoms with E-state index >= 15 is 0 Å². The van der Waals surface area contributed by atoms with Crippen LogP contribution in [0.2, 0.25) is 0 Å². The topological polar surface area (TPSA) is 144 Å². The van der Waals surface area contributed by atoms with Crippen LogP contribution < -0.4 is 11.1 Å². The van der Waals surface area contributed by atoms with Crippen LogP contribution in [0.1, 0.15) is 5.56 Å². The standard InChI is InChI=1S/C11H14N2O4.H2O/c12-6-10(15)13-9(11(16)17)5-7-1-3-8(14)4-2-7;/h1-4,9,14H,5-6,12H2,(H,13,15)(H,16,17);1H2/t9-;/m1./s1. The van der Waals surface area contributed by atoms with Gasteiger partial charge in [0.2, 0.25) is 5.91 Å². The Morgan fingerprint density at radius 3 is 2.28 bits per heavy atom. The van der Waals surface area contributed by atoms with E-state index < -0.39 is 17.9 Å². The van der Waals surface area contributed by atoms with Crippen LogP contribution in [-0.2, 0) is 16.0 Å². The molecule has 0 saturated carbocycles. The molecule has 0 bridgehead atoms. The largest absolute Gasteiger partial charge is 0.508 e. The van der Waals surface area contributed by atoms with Crippen molar-refractivity contribution in [2.24, 2.45) is 5.73 Å². The average molecular weight is 256 g/mol. The summed E-state index contributed by atoms with van der Waals surface area (Å²) in [5.74, 6) is -1.54. The fourth-order valence-corrected chi connectivity index (χ4v) is 1.32. The van der Waals surface area contributed by atoms with Crippen LogP contribution in [0.15, 0.2) is 24.3 Å². The highest BCUT2D eigenvalue weighted by Gasteiger charge is 2.19. The van der Waals surface area contributed by atoms with Crippen molar-refractivity contribution in [2.75, 3.05) is 6.54 Å². The SMILES string of the molecule is NCC(=O)N[C@H](Cc1ccc(O)cc1)C(=O)O.O. The number of carboxylic acid groups (broad SMARTS) is 1. The third kappa shape index (κ3) is 4.81. The molecule has 1 amide bonds. The summed E-state index contributed by atoms with van der Waals surface area (Å²) >= 11 is 0. The van der Waals surface area contributed by atoms with E-state index in [2.05, 4.69) is 5.32 Å². The van der Waals surface area contributed by atoms with Crippen molar-refractivity contribution >= 4 is 11.9 Å². The Morgan fingerprint density at radius 1 is 1.28 bits per heavy atom. The molecule has 1 aromatic rings. The van der Waals surface area contributed by atoms with Crippen molar-refractivity contribution in [1.29, 1.82) is 0 Å². The first kappa shape index (κ1) is 15.9. The molecule has 0 aliphatic heterocycles. The Labute approximate surface area is 104 Å². The van der Waals surface area contributed by atoms with Crippen LogP contribution in [0.5, 0.6) is 5.75 Å². The number of hydrogen-bond donors (Lipinski definition) is 4. The minimum absolute atomic E-state index is 0. The fourth-order valence-electron chi connectivity index (χ4n) is 1.32. The molecule has 1 rings (SSSR count). The highest BCUT2D eigenvalue weighted by atomic mass is 16.4. The van der Waals surface area contributed by atoms with Crippen LogP contribution in [0.3, 0.4) is 0 Å². The first-order valence-electron chi connectivity index (χ1n) is 5.03. The van der Waals surface area contributed by atoms with Crippen molar-refractivity contribution in [3.8, 4) is 5.75 Å². The minimum atomic E-state index is -1.13. The van der Waals surface area contributed by atoms with Gasteiger partial charge in [0.05, 0.1) is 6.54 Å². The third-order valence-corrected chi connectivity index (χ3v) is 2.19. The van der Waals surface area contributed by atoms with Gasteiger partial charge in [-0.3, -0.25) is 4.79 Å². The summed E-state index contributed by atoms with van der Waals surface area (Å²) in [6, 6.07) is 5.09. The molecule has 18 heavy (non-hydrogen) atoms. The molecule has 0 radical (unpaired) electrons. The monoisotopic (exact) mass is 256 g/mol. The Hall–Kier alpha value is -2.12. The van der Waals surface area contributed by atoms with Gasteiger partial charge in [-0.15, -0.1) is 0 Å². The molecule has 1 aromatic carbocycles. The van der Waals surface area contributed by atoms with Crippen LogP contribution in [0.4, 0.5) is 0 Å². The van der Waals surface area contributed by atoms with Gasteiger partial charge in [-0.1, -0.05) is 12.1 Å². The number of rotatable bonds is 5.